The number of carbonyl (C=O) groups is 2. The van der Waals surface area contributed by atoms with E-state index in [4.69, 9.17) is 0 Å². The summed E-state index contributed by atoms with van der Waals surface area (Å²) in [5.41, 5.74) is -0.749. The second-order valence-electron chi connectivity index (χ2n) is 4.80. The Kier molecular flexibility index (Phi) is 3.49. The van der Waals surface area contributed by atoms with Gasteiger partial charge in [0.05, 0.1) is 0 Å². The Hall–Kier alpha value is -1.63. The van der Waals surface area contributed by atoms with Gasteiger partial charge in [-0.05, 0) is 35.8 Å². The summed E-state index contributed by atoms with van der Waals surface area (Å²) in [5.74, 6) is -0.888. The van der Waals surface area contributed by atoms with Gasteiger partial charge in [-0.1, -0.05) is 0 Å². The molecule has 1 amide bonds. The maximum Gasteiger partial charge on any atom is 0.339 e. The maximum absolute atomic E-state index is 11.9. The van der Waals surface area contributed by atoms with Crippen LogP contribution in [-0.2, 0) is 4.79 Å². The molecule has 2 rings (SSSR count). The molecule has 1 aliphatic heterocycles. The number of rotatable bonds is 2. The van der Waals surface area contributed by atoms with Crippen LogP contribution in [0.4, 0.5) is 5.82 Å². The summed E-state index contributed by atoms with van der Waals surface area (Å²) in [4.78, 5) is 29.1. The summed E-state index contributed by atoms with van der Waals surface area (Å²) in [6.07, 6.45) is 1.53. The summed E-state index contributed by atoms with van der Waals surface area (Å²) >= 11 is 3.21. The number of carbonyl (C=O) groups excluding carboxylic acids is 1. The van der Waals surface area contributed by atoms with E-state index < -0.39 is 11.5 Å². The van der Waals surface area contributed by atoms with Crippen LogP contribution in [0.2, 0.25) is 0 Å². The number of carboxylic acid groups (broad SMARTS) is 1. The van der Waals surface area contributed by atoms with E-state index in [0.29, 0.717) is 23.4 Å². The molecule has 0 bridgehead atoms. The van der Waals surface area contributed by atoms with Gasteiger partial charge in [0.1, 0.15) is 16.9 Å². The molecular weight excluding hydrogens is 314 g/mol. The van der Waals surface area contributed by atoms with Crippen LogP contribution in [0, 0.1) is 0 Å². The molecule has 6 nitrogen and oxygen atoms in total. The van der Waals surface area contributed by atoms with Crippen molar-refractivity contribution in [3.8, 4) is 0 Å². The molecule has 0 radical (unpaired) electrons. The van der Waals surface area contributed by atoms with Crippen LogP contribution in [-0.4, -0.2) is 40.6 Å². The van der Waals surface area contributed by atoms with Crippen molar-refractivity contribution in [1.29, 1.82) is 0 Å². The van der Waals surface area contributed by atoms with Gasteiger partial charge in [0, 0.05) is 23.8 Å². The Morgan fingerprint density at radius 1 is 1.58 bits per heavy atom. The molecule has 0 aromatic carbocycles. The van der Waals surface area contributed by atoms with Crippen LogP contribution in [0.1, 0.15) is 24.2 Å². The number of amides is 1. The second-order valence-corrected chi connectivity index (χ2v) is 5.71. The van der Waals surface area contributed by atoms with Crippen LogP contribution in [0.5, 0.6) is 0 Å². The molecule has 0 atom stereocenters. The molecule has 2 N–H and O–H groups in total. The molecule has 7 heteroatoms. The van der Waals surface area contributed by atoms with Gasteiger partial charge in [-0.3, -0.25) is 4.79 Å². The fourth-order valence-corrected chi connectivity index (χ4v) is 2.41. The highest BCUT2D eigenvalue weighted by atomic mass is 79.9. The molecule has 19 heavy (non-hydrogen) atoms. The van der Waals surface area contributed by atoms with Gasteiger partial charge in [-0.2, -0.15) is 0 Å². The minimum Gasteiger partial charge on any atom is -0.478 e. The monoisotopic (exact) mass is 327 g/mol. The van der Waals surface area contributed by atoms with Gasteiger partial charge in [0.25, 0.3) is 0 Å². The third kappa shape index (κ3) is 2.42. The van der Waals surface area contributed by atoms with Crippen molar-refractivity contribution < 1.29 is 14.7 Å². The predicted molar refractivity (Wildman–Crippen MR) is 73.3 cm³/mol. The average molecular weight is 328 g/mol. The van der Waals surface area contributed by atoms with E-state index in [1.165, 1.54) is 12.3 Å². The van der Waals surface area contributed by atoms with E-state index in [1.807, 2.05) is 0 Å². The summed E-state index contributed by atoms with van der Waals surface area (Å²) in [6, 6.07) is 1.49. The highest BCUT2D eigenvalue weighted by molar-refractivity contribution is 9.10. The summed E-state index contributed by atoms with van der Waals surface area (Å²) in [6.45, 7) is 4.49. The highest BCUT2D eigenvalue weighted by Gasteiger charge is 2.39. The average Bonchev–Trinajstić information content (AvgIpc) is 2.33. The molecule has 102 valence electrons. The Bertz CT molecular complexity index is 545. The largest absolute Gasteiger partial charge is 0.478 e. The lowest BCUT2D eigenvalue weighted by Gasteiger charge is -2.42. The number of nitrogens with zero attached hydrogens (tertiary/aromatic N) is 2. The molecule has 1 aromatic heterocycles. The summed E-state index contributed by atoms with van der Waals surface area (Å²) in [5, 5.41) is 12.0. The van der Waals surface area contributed by atoms with E-state index in [9.17, 15) is 14.7 Å². The lowest BCUT2D eigenvalue weighted by Crippen LogP contribution is -2.62. The van der Waals surface area contributed by atoms with Gasteiger partial charge in [0.2, 0.25) is 5.91 Å². The van der Waals surface area contributed by atoms with Crippen molar-refractivity contribution in [3.63, 3.8) is 0 Å². The normalized spacial score (nSPS) is 18.1. The number of anilines is 1. The number of halogens is 1. The first-order chi connectivity index (χ1) is 8.84. The van der Waals surface area contributed by atoms with Crippen molar-refractivity contribution in [1.82, 2.24) is 10.3 Å². The second kappa shape index (κ2) is 4.80. The highest BCUT2D eigenvalue weighted by Crippen LogP contribution is 2.29. The Morgan fingerprint density at radius 2 is 2.26 bits per heavy atom. The number of piperazine rings is 1. The zero-order valence-electron chi connectivity index (χ0n) is 10.6. The Labute approximate surface area is 118 Å². The Balaban J connectivity index is 2.52. The number of hydrogen-bond acceptors (Lipinski definition) is 4. The smallest absolute Gasteiger partial charge is 0.339 e. The lowest BCUT2D eigenvalue weighted by atomic mass is 9.98. The molecule has 1 aliphatic rings. The first-order valence-corrected chi connectivity index (χ1v) is 6.58. The number of nitrogens with one attached hydrogen (secondary N) is 1. The van der Waals surface area contributed by atoms with Crippen LogP contribution >= 0.6 is 15.9 Å². The van der Waals surface area contributed by atoms with Crippen LogP contribution < -0.4 is 10.2 Å². The predicted octanol–water partition coefficient (Wildman–Crippen LogP) is 1.26. The SMILES string of the molecule is CC1(C)C(=O)NCCN1c1ncc(Br)cc1C(=O)O. The lowest BCUT2D eigenvalue weighted by molar-refractivity contribution is -0.126. The molecule has 0 spiro atoms. The quantitative estimate of drug-likeness (QED) is 0.854. The zero-order chi connectivity index (χ0) is 14.2. The van der Waals surface area contributed by atoms with E-state index in [0.717, 1.165) is 0 Å². The van der Waals surface area contributed by atoms with Gasteiger partial charge in [-0.25, -0.2) is 9.78 Å². The van der Waals surface area contributed by atoms with Crippen LogP contribution in [0.3, 0.4) is 0 Å². The molecule has 1 saturated heterocycles. The first-order valence-electron chi connectivity index (χ1n) is 5.79. The fraction of sp³-hybridized carbons (Fsp3) is 0.417. The molecule has 2 heterocycles. The number of hydrogen-bond donors (Lipinski definition) is 2. The van der Waals surface area contributed by atoms with Gasteiger partial charge >= 0.3 is 5.97 Å². The molecule has 0 aliphatic carbocycles. The minimum atomic E-state index is -1.06. The van der Waals surface area contributed by atoms with Crippen molar-refractivity contribution in [2.75, 3.05) is 18.0 Å². The molecule has 0 saturated carbocycles. The Morgan fingerprint density at radius 3 is 2.89 bits per heavy atom. The number of aromatic carboxylic acids is 1. The fourth-order valence-electron chi connectivity index (χ4n) is 2.07. The van der Waals surface area contributed by atoms with Crippen LogP contribution in [0.25, 0.3) is 0 Å². The topological polar surface area (TPSA) is 82.5 Å². The van der Waals surface area contributed by atoms with Crippen LogP contribution in [0.15, 0.2) is 16.7 Å². The maximum atomic E-state index is 11.9. The van der Waals surface area contributed by atoms with Crippen molar-refractivity contribution in [3.05, 3.63) is 22.3 Å². The summed E-state index contributed by atoms with van der Waals surface area (Å²) < 4.78 is 0.591. The third-order valence-electron chi connectivity index (χ3n) is 3.17. The number of aromatic nitrogens is 1. The van der Waals surface area contributed by atoms with Gasteiger partial charge < -0.3 is 15.3 Å². The number of pyridine rings is 1. The van der Waals surface area contributed by atoms with Crippen molar-refractivity contribution in [2.45, 2.75) is 19.4 Å². The van der Waals surface area contributed by atoms with E-state index in [-0.39, 0.29) is 11.5 Å². The molecule has 1 aromatic rings. The standard InChI is InChI=1S/C12H14BrN3O3/c1-12(2)11(19)14-3-4-16(12)9-8(10(17)18)5-7(13)6-15-9/h5-6H,3-4H2,1-2H3,(H,14,19)(H,17,18). The van der Waals surface area contributed by atoms with Gasteiger partial charge in [0.15, 0.2) is 0 Å². The van der Waals surface area contributed by atoms with Crippen molar-refractivity contribution >= 4 is 33.6 Å². The first kappa shape index (κ1) is 13.8. The van der Waals surface area contributed by atoms with Crippen molar-refractivity contribution in [2.24, 2.45) is 0 Å². The molecule has 0 unspecified atom stereocenters. The summed E-state index contributed by atoms with van der Waals surface area (Å²) in [7, 11) is 0. The third-order valence-corrected chi connectivity index (χ3v) is 3.60. The van der Waals surface area contributed by atoms with Gasteiger partial charge in [-0.15, -0.1) is 0 Å². The minimum absolute atomic E-state index is 0.0807. The number of carboxylic acids is 1. The molecule has 1 fully saturated rings. The van der Waals surface area contributed by atoms with E-state index in [2.05, 4.69) is 26.2 Å². The van der Waals surface area contributed by atoms with E-state index in [1.54, 1.807) is 18.7 Å². The molecular formula is C12H14BrN3O3. The zero-order valence-corrected chi connectivity index (χ0v) is 12.2. The van der Waals surface area contributed by atoms with E-state index >= 15 is 0 Å².